The van der Waals surface area contributed by atoms with E-state index in [1.54, 1.807) is 0 Å². The van der Waals surface area contributed by atoms with Gasteiger partial charge in [-0.15, -0.1) is 0 Å². The fourth-order valence-corrected chi connectivity index (χ4v) is 3.37. The van der Waals surface area contributed by atoms with E-state index in [0.717, 1.165) is 52.6 Å². The minimum absolute atomic E-state index is 0.360. The van der Waals surface area contributed by atoms with Gasteiger partial charge in [-0.1, -0.05) is 6.07 Å². The largest absolute Gasteiger partial charge is 0.371 e. The maximum absolute atomic E-state index is 5.51. The first-order chi connectivity index (χ1) is 12.2. The molecule has 1 aromatic rings. The number of ether oxygens (including phenoxy) is 4. The molecule has 0 bridgehead atoms. The summed E-state index contributed by atoms with van der Waals surface area (Å²) in [4.78, 5) is 4.89. The van der Waals surface area contributed by atoms with Crippen LogP contribution in [0.4, 0.5) is 11.4 Å². The lowest BCUT2D eigenvalue weighted by molar-refractivity contribution is 0.386. The Hall–Kier alpha value is -1.34. The first-order valence-electron chi connectivity index (χ1n) is 9.31. The highest BCUT2D eigenvalue weighted by Gasteiger charge is 2.35. The zero-order valence-electron chi connectivity index (χ0n) is 14.7. The molecule has 0 aromatic heterocycles. The average molecular weight is 346 g/mol. The minimum atomic E-state index is 0.360. The van der Waals surface area contributed by atoms with E-state index in [0.29, 0.717) is 24.4 Å². The molecule has 0 radical (unpaired) electrons. The molecule has 4 aliphatic heterocycles. The van der Waals surface area contributed by atoms with Crippen molar-refractivity contribution < 1.29 is 18.9 Å². The Morgan fingerprint density at radius 2 is 1.12 bits per heavy atom. The van der Waals surface area contributed by atoms with E-state index in [-0.39, 0.29) is 0 Å². The molecule has 0 aliphatic carbocycles. The Kier molecular flexibility index (Phi) is 4.08. The first kappa shape index (κ1) is 15.9. The number of nitrogens with zero attached hydrogens (tertiary/aromatic N) is 2. The van der Waals surface area contributed by atoms with Crippen molar-refractivity contribution in [3.8, 4) is 0 Å². The van der Waals surface area contributed by atoms with E-state index in [1.807, 2.05) is 0 Å². The maximum atomic E-state index is 5.51. The van der Waals surface area contributed by atoms with Crippen LogP contribution >= 0.6 is 0 Å². The lowest BCUT2D eigenvalue weighted by Crippen LogP contribution is -2.36. The lowest BCUT2D eigenvalue weighted by Gasteiger charge is -2.32. The minimum Gasteiger partial charge on any atom is -0.371 e. The third-order valence-electron chi connectivity index (χ3n) is 5.12. The summed E-state index contributed by atoms with van der Waals surface area (Å²) in [5.74, 6) is 0. The number of rotatable bonds is 10. The summed E-state index contributed by atoms with van der Waals surface area (Å²) >= 11 is 0. The molecule has 25 heavy (non-hydrogen) atoms. The quantitative estimate of drug-likeness (QED) is 0.594. The fraction of sp³-hybridized carbons (Fsp3) is 0.684. The normalized spacial score (nSPS) is 31.6. The molecular weight excluding hydrogens is 320 g/mol. The van der Waals surface area contributed by atoms with E-state index in [4.69, 9.17) is 18.9 Å². The van der Waals surface area contributed by atoms with Crippen molar-refractivity contribution in [2.24, 2.45) is 0 Å². The van der Waals surface area contributed by atoms with Crippen LogP contribution in [0.5, 0.6) is 0 Å². The van der Waals surface area contributed by atoms with Crippen molar-refractivity contribution >= 4 is 11.4 Å². The summed E-state index contributed by atoms with van der Waals surface area (Å²) in [6, 6.07) is 6.76. The monoisotopic (exact) mass is 346 g/mol. The zero-order valence-corrected chi connectivity index (χ0v) is 14.7. The van der Waals surface area contributed by atoms with Gasteiger partial charge in [-0.3, -0.25) is 0 Å². The van der Waals surface area contributed by atoms with Crippen molar-refractivity contribution in [1.82, 2.24) is 0 Å². The molecule has 0 saturated carbocycles. The van der Waals surface area contributed by atoms with Crippen molar-refractivity contribution in [3.05, 3.63) is 23.8 Å². The molecule has 0 amide bonds. The molecule has 6 heteroatoms. The number of epoxide rings is 4. The number of anilines is 2. The topological polar surface area (TPSA) is 56.6 Å². The van der Waals surface area contributed by atoms with Gasteiger partial charge in [0.25, 0.3) is 0 Å². The summed E-state index contributed by atoms with van der Waals surface area (Å²) in [6.07, 6.45) is 1.44. The molecule has 5 rings (SSSR count). The summed E-state index contributed by atoms with van der Waals surface area (Å²) < 4.78 is 22.0. The van der Waals surface area contributed by atoms with Gasteiger partial charge in [-0.2, -0.15) is 0 Å². The van der Waals surface area contributed by atoms with Gasteiger partial charge in [0.15, 0.2) is 0 Å². The third-order valence-corrected chi connectivity index (χ3v) is 5.12. The van der Waals surface area contributed by atoms with Crippen LogP contribution in [0.1, 0.15) is 5.56 Å². The molecule has 4 fully saturated rings. The predicted molar refractivity (Wildman–Crippen MR) is 94.6 cm³/mol. The average Bonchev–Trinajstić information content (AvgIpc) is 3.44. The number of hydrogen-bond donors (Lipinski definition) is 0. The van der Waals surface area contributed by atoms with Crippen LogP contribution in [0.2, 0.25) is 0 Å². The maximum Gasteiger partial charge on any atom is 0.0984 e. The van der Waals surface area contributed by atoms with Crippen LogP contribution < -0.4 is 9.80 Å². The van der Waals surface area contributed by atoms with E-state index in [9.17, 15) is 0 Å². The van der Waals surface area contributed by atoms with Crippen LogP contribution in [-0.2, 0) is 18.9 Å². The van der Waals surface area contributed by atoms with Gasteiger partial charge in [0.05, 0.1) is 62.2 Å². The van der Waals surface area contributed by atoms with Crippen LogP contribution in [0.15, 0.2) is 18.2 Å². The Labute approximate surface area is 148 Å². The van der Waals surface area contributed by atoms with Crippen molar-refractivity contribution in [2.75, 3.05) is 62.4 Å². The highest BCUT2D eigenvalue weighted by Crippen LogP contribution is 2.35. The number of benzene rings is 1. The van der Waals surface area contributed by atoms with E-state index in [2.05, 4.69) is 34.9 Å². The second kappa shape index (κ2) is 6.43. The van der Waals surface area contributed by atoms with E-state index in [1.165, 1.54) is 16.9 Å². The second-order valence-corrected chi connectivity index (χ2v) is 7.62. The van der Waals surface area contributed by atoms with Gasteiger partial charge in [0.2, 0.25) is 0 Å². The molecule has 136 valence electrons. The molecule has 6 nitrogen and oxygen atoms in total. The molecule has 4 unspecified atom stereocenters. The molecule has 0 spiro atoms. The standard InChI is InChI=1S/C19H26N2O4/c1-13-2-3-18(20(5-14-9-22-14)6-15-10-23-15)19(4-13)21(7-16-11-24-16)8-17-12-25-17/h2-4,14-17H,5-12H2,1H3. The Morgan fingerprint density at radius 1 is 0.720 bits per heavy atom. The van der Waals surface area contributed by atoms with Crippen LogP contribution in [0.3, 0.4) is 0 Å². The summed E-state index contributed by atoms with van der Waals surface area (Å²) in [7, 11) is 0. The summed E-state index contributed by atoms with van der Waals surface area (Å²) in [6.45, 7) is 9.39. The molecule has 4 saturated heterocycles. The Bertz CT molecular complexity index is 596. The third kappa shape index (κ3) is 4.26. The zero-order chi connectivity index (χ0) is 16.8. The fourth-order valence-electron chi connectivity index (χ4n) is 3.37. The SMILES string of the molecule is Cc1ccc(N(CC2CO2)CC2CO2)c(N(CC2CO2)CC2CO2)c1. The van der Waals surface area contributed by atoms with Gasteiger partial charge >= 0.3 is 0 Å². The Morgan fingerprint density at radius 3 is 1.52 bits per heavy atom. The Balaban J connectivity index is 1.43. The van der Waals surface area contributed by atoms with Crippen molar-refractivity contribution in [3.63, 3.8) is 0 Å². The molecule has 0 N–H and O–H groups in total. The van der Waals surface area contributed by atoms with Gasteiger partial charge < -0.3 is 28.7 Å². The molecule has 4 aliphatic rings. The van der Waals surface area contributed by atoms with Crippen molar-refractivity contribution in [1.29, 1.82) is 0 Å². The molecule has 4 atom stereocenters. The molecule has 1 aromatic carbocycles. The number of hydrogen-bond acceptors (Lipinski definition) is 6. The van der Waals surface area contributed by atoms with Gasteiger partial charge in [-0.05, 0) is 24.6 Å². The van der Waals surface area contributed by atoms with Gasteiger partial charge in [0.1, 0.15) is 0 Å². The van der Waals surface area contributed by atoms with Gasteiger partial charge in [-0.25, -0.2) is 0 Å². The van der Waals surface area contributed by atoms with Gasteiger partial charge in [0, 0.05) is 26.2 Å². The summed E-state index contributed by atoms with van der Waals surface area (Å²) in [5, 5.41) is 0. The highest BCUT2D eigenvalue weighted by atomic mass is 16.6. The number of aryl methyl sites for hydroxylation is 1. The lowest BCUT2D eigenvalue weighted by atomic mass is 10.1. The molecule has 4 heterocycles. The second-order valence-electron chi connectivity index (χ2n) is 7.62. The van der Waals surface area contributed by atoms with Crippen LogP contribution in [0, 0.1) is 6.92 Å². The molecular formula is C19H26N2O4. The van der Waals surface area contributed by atoms with E-state index >= 15 is 0 Å². The smallest absolute Gasteiger partial charge is 0.0984 e. The predicted octanol–water partition coefficient (Wildman–Crippen LogP) is 1.20. The van der Waals surface area contributed by atoms with Crippen molar-refractivity contribution in [2.45, 2.75) is 31.3 Å². The summed E-state index contributed by atoms with van der Waals surface area (Å²) in [5.41, 5.74) is 3.84. The van der Waals surface area contributed by atoms with Crippen LogP contribution in [-0.4, -0.2) is 77.0 Å². The van der Waals surface area contributed by atoms with E-state index < -0.39 is 0 Å². The van der Waals surface area contributed by atoms with Crippen LogP contribution in [0.25, 0.3) is 0 Å². The highest BCUT2D eigenvalue weighted by molar-refractivity contribution is 5.73. The first-order valence-corrected chi connectivity index (χ1v) is 9.31.